The summed E-state index contributed by atoms with van der Waals surface area (Å²) >= 11 is 0. The average molecular weight is 236 g/mol. The van der Waals surface area contributed by atoms with Gasteiger partial charge >= 0.3 is 0 Å². The van der Waals surface area contributed by atoms with Crippen LogP contribution in [-0.4, -0.2) is 39.7 Å². The largest absolute Gasteiger partial charge is 0.337 e. The molecule has 2 N–H and O–H groups in total. The lowest BCUT2D eigenvalue weighted by molar-refractivity contribution is 0.0638. The molecule has 17 heavy (non-hydrogen) atoms. The van der Waals surface area contributed by atoms with Crippen molar-refractivity contribution in [1.29, 1.82) is 0 Å². The van der Waals surface area contributed by atoms with Crippen LogP contribution in [0.1, 0.15) is 30.3 Å². The Morgan fingerprint density at radius 1 is 1.65 bits per heavy atom. The Bertz CT molecular complexity index is 401. The van der Waals surface area contributed by atoms with Crippen molar-refractivity contribution in [3.63, 3.8) is 0 Å². The highest BCUT2D eigenvalue weighted by Crippen LogP contribution is 2.20. The number of likely N-dealkylation sites (tertiary alicyclic amines) is 1. The molecule has 2 rings (SSSR count). The number of aryl methyl sites for hydroxylation is 1. The van der Waals surface area contributed by atoms with E-state index in [4.69, 9.17) is 5.73 Å². The molecule has 0 spiro atoms. The second kappa shape index (κ2) is 4.87. The predicted octanol–water partition coefficient (Wildman–Crippen LogP) is 0.620. The molecule has 0 saturated carbocycles. The molecule has 1 aliphatic rings. The predicted molar refractivity (Wildman–Crippen MR) is 65.5 cm³/mol. The van der Waals surface area contributed by atoms with Gasteiger partial charge in [-0.05, 0) is 18.4 Å². The van der Waals surface area contributed by atoms with E-state index in [1.165, 1.54) is 0 Å². The van der Waals surface area contributed by atoms with Crippen molar-refractivity contribution in [1.82, 2.24) is 14.7 Å². The van der Waals surface area contributed by atoms with Gasteiger partial charge in [-0.2, -0.15) is 5.10 Å². The van der Waals surface area contributed by atoms with Crippen LogP contribution < -0.4 is 5.73 Å². The molecule has 1 aliphatic heterocycles. The second-order valence-corrected chi connectivity index (χ2v) is 4.71. The van der Waals surface area contributed by atoms with E-state index in [9.17, 15) is 4.79 Å². The Balaban J connectivity index is 2.09. The first-order valence-corrected chi connectivity index (χ1v) is 6.16. The molecule has 0 bridgehead atoms. The van der Waals surface area contributed by atoms with Crippen LogP contribution >= 0.6 is 0 Å². The molecule has 1 amide bonds. The third-order valence-corrected chi connectivity index (χ3v) is 3.64. The molecule has 2 heterocycles. The van der Waals surface area contributed by atoms with Crippen LogP contribution in [0.15, 0.2) is 12.3 Å². The fourth-order valence-corrected chi connectivity index (χ4v) is 2.41. The third kappa shape index (κ3) is 2.34. The van der Waals surface area contributed by atoms with Crippen LogP contribution in [0.4, 0.5) is 0 Å². The van der Waals surface area contributed by atoms with Gasteiger partial charge in [0.25, 0.3) is 5.91 Å². The summed E-state index contributed by atoms with van der Waals surface area (Å²) in [5.74, 6) is 0.483. The zero-order valence-corrected chi connectivity index (χ0v) is 10.5. The minimum atomic E-state index is 0.0651. The van der Waals surface area contributed by atoms with Crippen molar-refractivity contribution in [3.8, 4) is 0 Å². The number of piperidine rings is 1. The molecule has 1 fully saturated rings. The lowest BCUT2D eigenvalue weighted by atomic mass is 9.90. The summed E-state index contributed by atoms with van der Waals surface area (Å²) in [6.45, 7) is 3.64. The van der Waals surface area contributed by atoms with Crippen molar-refractivity contribution in [2.24, 2.45) is 18.7 Å². The molecule has 5 heteroatoms. The van der Waals surface area contributed by atoms with E-state index in [1.807, 2.05) is 4.90 Å². The molecule has 94 valence electrons. The summed E-state index contributed by atoms with van der Waals surface area (Å²) in [7, 11) is 1.79. The maximum absolute atomic E-state index is 12.3. The molecule has 1 saturated heterocycles. The lowest BCUT2D eigenvalue weighted by Crippen LogP contribution is -2.49. The van der Waals surface area contributed by atoms with Gasteiger partial charge in [-0.3, -0.25) is 9.48 Å². The molecule has 1 aromatic heterocycles. The van der Waals surface area contributed by atoms with Crippen molar-refractivity contribution in [2.75, 3.05) is 13.1 Å². The molecule has 0 aromatic carbocycles. The highest BCUT2D eigenvalue weighted by Gasteiger charge is 2.29. The number of rotatable bonds is 2. The molecule has 1 aromatic rings. The van der Waals surface area contributed by atoms with Crippen molar-refractivity contribution < 1.29 is 4.79 Å². The van der Waals surface area contributed by atoms with Crippen LogP contribution in [0.2, 0.25) is 0 Å². The maximum atomic E-state index is 12.3. The standard InChI is InChI=1S/C12H20N4O/c1-3-9-8-16(7-5-10(9)13)12(17)11-4-6-14-15(11)2/h4,6,9-10H,3,5,7-8,13H2,1-2H3. The van der Waals surface area contributed by atoms with Gasteiger partial charge in [0.15, 0.2) is 0 Å². The number of carbonyl (C=O) groups is 1. The van der Waals surface area contributed by atoms with Crippen molar-refractivity contribution in [2.45, 2.75) is 25.8 Å². The van der Waals surface area contributed by atoms with Crippen molar-refractivity contribution in [3.05, 3.63) is 18.0 Å². The minimum Gasteiger partial charge on any atom is -0.337 e. The van der Waals surface area contributed by atoms with Gasteiger partial charge in [0, 0.05) is 32.4 Å². The molecular weight excluding hydrogens is 216 g/mol. The van der Waals surface area contributed by atoms with Gasteiger partial charge < -0.3 is 10.6 Å². The van der Waals surface area contributed by atoms with Gasteiger partial charge in [-0.1, -0.05) is 13.3 Å². The first-order valence-electron chi connectivity index (χ1n) is 6.16. The van der Waals surface area contributed by atoms with Gasteiger partial charge in [-0.15, -0.1) is 0 Å². The summed E-state index contributed by atoms with van der Waals surface area (Å²) in [4.78, 5) is 14.2. The van der Waals surface area contributed by atoms with E-state index in [-0.39, 0.29) is 11.9 Å². The van der Waals surface area contributed by atoms with Crippen LogP contribution in [0.25, 0.3) is 0 Å². The zero-order valence-electron chi connectivity index (χ0n) is 10.5. The van der Waals surface area contributed by atoms with E-state index >= 15 is 0 Å². The fourth-order valence-electron chi connectivity index (χ4n) is 2.41. The Kier molecular flexibility index (Phi) is 3.47. The first-order chi connectivity index (χ1) is 8.13. The van der Waals surface area contributed by atoms with E-state index in [1.54, 1.807) is 24.0 Å². The summed E-state index contributed by atoms with van der Waals surface area (Å²) < 4.78 is 1.62. The van der Waals surface area contributed by atoms with Crippen molar-refractivity contribution >= 4 is 5.91 Å². The second-order valence-electron chi connectivity index (χ2n) is 4.71. The molecule has 5 nitrogen and oxygen atoms in total. The molecule has 2 atom stereocenters. The quantitative estimate of drug-likeness (QED) is 0.818. The number of hydrogen-bond acceptors (Lipinski definition) is 3. The summed E-state index contributed by atoms with van der Waals surface area (Å²) in [5, 5.41) is 4.03. The number of hydrogen-bond donors (Lipinski definition) is 1. The number of amides is 1. The van der Waals surface area contributed by atoms with Crippen LogP contribution in [0.5, 0.6) is 0 Å². The molecule has 0 aliphatic carbocycles. The number of nitrogens with zero attached hydrogens (tertiary/aromatic N) is 3. The van der Waals surface area contributed by atoms with Gasteiger partial charge in [0.1, 0.15) is 5.69 Å². The Hall–Kier alpha value is -1.36. The number of aromatic nitrogens is 2. The summed E-state index contributed by atoms with van der Waals surface area (Å²) in [6, 6.07) is 1.99. The molecule has 0 radical (unpaired) electrons. The van der Waals surface area contributed by atoms with Gasteiger partial charge in [0.2, 0.25) is 0 Å². The average Bonchev–Trinajstić information content (AvgIpc) is 2.75. The van der Waals surface area contributed by atoms with Gasteiger partial charge in [-0.25, -0.2) is 0 Å². The Morgan fingerprint density at radius 3 is 3.00 bits per heavy atom. The van der Waals surface area contributed by atoms with Crippen LogP contribution in [0.3, 0.4) is 0 Å². The van der Waals surface area contributed by atoms with E-state index in [0.29, 0.717) is 11.6 Å². The molecular formula is C12H20N4O. The maximum Gasteiger partial charge on any atom is 0.272 e. The summed E-state index contributed by atoms with van der Waals surface area (Å²) in [6.07, 6.45) is 3.57. The fraction of sp³-hybridized carbons (Fsp3) is 0.667. The number of nitrogens with two attached hydrogens (primary N) is 1. The minimum absolute atomic E-state index is 0.0651. The third-order valence-electron chi connectivity index (χ3n) is 3.64. The topological polar surface area (TPSA) is 64.2 Å². The van der Waals surface area contributed by atoms with E-state index in [0.717, 1.165) is 25.9 Å². The van der Waals surface area contributed by atoms with Gasteiger partial charge in [0.05, 0.1) is 0 Å². The number of carbonyl (C=O) groups excluding carboxylic acids is 1. The molecule has 2 unspecified atom stereocenters. The normalized spacial score (nSPS) is 25.0. The van der Waals surface area contributed by atoms with E-state index < -0.39 is 0 Å². The zero-order chi connectivity index (χ0) is 12.4. The summed E-state index contributed by atoms with van der Waals surface area (Å²) in [5.41, 5.74) is 6.69. The Labute approximate surface area is 102 Å². The monoisotopic (exact) mass is 236 g/mol. The lowest BCUT2D eigenvalue weighted by Gasteiger charge is -2.36. The highest BCUT2D eigenvalue weighted by molar-refractivity contribution is 5.92. The highest BCUT2D eigenvalue weighted by atomic mass is 16.2. The smallest absolute Gasteiger partial charge is 0.272 e. The first kappa shape index (κ1) is 12.1. The van der Waals surface area contributed by atoms with E-state index in [2.05, 4.69) is 12.0 Å². The Morgan fingerprint density at radius 2 is 2.41 bits per heavy atom. The van der Waals surface area contributed by atoms with Crippen LogP contribution in [0, 0.1) is 5.92 Å². The van der Waals surface area contributed by atoms with Crippen LogP contribution in [-0.2, 0) is 7.05 Å². The SMILES string of the molecule is CCC1CN(C(=O)c2ccnn2C)CCC1N.